The second kappa shape index (κ2) is 4.57. The Balaban J connectivity index is 3.36. The Morgan fingerprint density at radius 3 is 2.17 bits per heavy atom. The summed E-state index contributed by atoms with van der Waals surface area (Å²) in [4.78, 5) is -0.288. The van der Waals surface area contributed by atoms with Crippen molar-refractivity contribution in [1.29, 1.82) is 0 Å². The molecule has 0 bridgehead atoms. The van der Waals surface area contributed by atoms with Gasteiger partial charge in [-0.15, -0.1) is 0 Å². The van der Waals surface area contributed by atoms with Crippen LogP contribution in [0.3, 0.4) is 0 Å². The van der Waals surface area contributed by atoms with E-state index in [0.29, 0.717) is 12.5 Å². The fraction of sp³-hybridized carbons (Fsp3) is 0.500. The average Bonchev–Trinajstić information content (AvgIpc) is 2.28. The Morgan fingerprint density at radius 2 is 1.72 bits per heavy atom. The zero-order valence-electron chi connectivity index (χ0n) is 10.4. The van der Waals surface area contributed by atoms with Gasteiger partial charge in [0, 0.05) is 0 Å². The summed E-state index contributed by atoms with van der Waals surface area (Å²) in [5.41, 5.74) is -0.949. The van der Waals surface area contributed by atoms with E-state index in [1.165, 1.54) is 19.9 Å². The van der Waals surface area contributed by atoms with Crippen molar-refractivity contribution in [3.63, 3.8) is 0 Å². The lowest BCUT2D eigenvalue weighted by atomic mass is 10.1. The van der Waals surface area contributed by atoms with Crippen molar-refractivity contribution in [2.75, 3.05) is 0 Å². The molecular formula is C12H15F3O2S. The van der Waals surface area contributed by atoms with Crippen LogP contribution >= 0.6 is 0 Å². The molecule has 0 aliphatic heterocycles. The topological polar surface area (TPSA) is 34.1 Å². The van der Waals surface area contributed by atoms with E-state index in [4.69, 9.17) is 0 Å². The van der Waals surface area contributed by atoms with Gasteiger partial charge in [-0.1, -0.05) is 13.0 Å². The molecule has 1 rings (SSSR count). The van der Waals surface area contributed by atoms with Crippen molar-refractivity contribution in [3.05, 3.63) is 29.8 Å². The maximum Gasteiger partial charge on any atom is 0.416 e. The van der Waals surface area contributed by atoms with Gasteiger partial charge in [-0.3, -0.25) is 0 Å². The minimum atomic E-state index is -4.54. The molecule has 18 heavy (non-hydrogen) atoms. The third kappa shape index (κ3) is 2.68. The molecular weight excluding hydrogens is 265 g/mol. The Kier molecular flexibility index (Phi) is 3.81. The van der Waals surface area contributed by atoms with Crippen LogP contribution in [-0.2, 0) is 16.0 Å². The molecule has 0 amide bonds. The molecule has 0 heterocycles. The van der Waals surface area contributed by atoms with Crippen LogP contribution in [0.2, 0.25) is 0 Å². The van der Waals surface area contributed by atoms with Gasteiger partial charge in [0.2, 0.25) is 0 Å². The SMILES string of the molecule is CCC(C)(C)S(=O)(=O)c1cccc(C(F)(F)F)c1. The van der Waals surface area contributed by atoms with Crippen molar-refractivity contribution >= 4 is 9.84 Å². The first-order valence-corrected chi connectivity index (χ1v) is 6.92. The molecule has 0 unspecified atom stereocenters. The Hall–Kier alpha value is -1.04. The molecule has 1 aromatic rings. The second-order valence-corrected chi connectivity index (χ2v) is 7.23. The van der Waals surface area contributed by atoms with E-state index >= 15 is 0 Å². The number of hydrogen-bond donors (Lipinski definition) is 0. The highest BCUT2D eigenvalue weighted by Crippen LogP contribution is 2.33. The van der Waals surface area contributed by atoms with Gasteiger partial charge in [-0.05, 0) is 38.5 Å². The standard InChI is InChI=1S/C12H15F3O2S/c1-4-11(2,3)18(16,17)10-7-5-6-9(8-10)12(13,14)15/h5-8H,4H2,1-3H3. The molecule has 102 valence electrons. The van der Waals surface area contributed by atoms with Crippen LogP contribution in [0.15, 0.2) is 29.2 Å². The molecule has 0 aliphatic rings. The van der Waals surface area contributed by atoms with Crippen LogP contribution < -0.4 is 0 Å². The fourth-order valence-corrected chi connectivity index (χ4v) is 2.91. The van der Waals surface area contributed by atoms with Gasteiger partial charge < -0.3 is 0 Å². The molecule has 0 radical (unpaired) electrons. The van der Waals surface area contributed by atoms with E-state index in [9.17, 15) is 21.6 Å². The molecule has 0 spiro atoms. The van der Waals surface area contributed by atoms with E-state index in [-0.39, 0.29) is 4.90 Å². The van der Waals surface area contributed by atoms with Gasteiger partial charge in [-0.25, -0.2) is 8.42 Å². The lowest BCUT2D eigenvalue weighted by Crippen LogP contribution is -2.31. The molecule has 2 nitrogen and oxygen atoms in total. The highest BCUT2D eigenvalue weighted by Gasteiger charge is 2.36. The van der Waals surface area contributed by atoms with Gasteiger partial charge in [0.05, 0.1) is 15.2 Å². The van der Waals surface area contributed by atoms with Crippen molar-refractivity contribution < 1.29 is 21.6 Å². The number of halogens is 3. The van der Waals surface area contributed by atoms with Gasteiger partial charge in [0.1, 0.15) is 0 Å². The summed E-state index contributed by atoms with van der Waals surface area (Å²) in [6, 6.07) is 3.86. The van der Waals surface area contributed by atoms with Gasteiger partial charge in [0.15, 0.2) is 9.84 Å². The highest BCUT2D eigenvalue weighted by molar-refractivity contribution is 7.92. The predicted octanol–water partition coefficient (Wildman–Crippen LogP) is 3.67. The lowest BCUT2D eigenvalue weighted by Gasteiger charge is -2.23. The third-order valence-corrected chi connectivity index (χ3v) is 5.67. The van der Waals surface area contributed by atoms with Crippen molar-refractivity contribution in [2.24, 2.45) is 0 Å². The minimum Gasteiger partial charge on any atom is -0.223 e. The molecule has 0 aliphatic carbocycles. The summed E-state index contributed by atoms with van der Waals surface area (Å²) in [5.74, 6) is 0. The van der Waals surface area contributed by atoms with E-state index < -0.39 is 26.3 Å². The molecule has 0 N–H and O–H groups in total. The van der Waals surface area contributed by atoms with Crippen LogP contribution in [-0.4, -0.2) is 13.2 Å². The summed E-state index contributed by atoms with van der Waals surface area (Å²) >= 11 is 0. The summed E-state index contributed by atoms with van der Waals surface area (Å²) in [5, 5.41) is 0. The maximum atomic E-state index is 12.5. The number of sulfone groups is 1. The van der Waals surface area contributed by atoms with Crippen LogP contribution in [0.4, 0.5) is 13.2 Å². The first-order chi connectivity index (χ1) is 8.02. The highest BCUT2D eigenvalue weighted by atomic mass is 32.2. The van der Waals surface area contributed by atoms with Crippen LogP contribution in [0.5, 0.6) is 0 Å². The Labute approximate surface area is 105 Å². The minimum absolute atomic E-state index is 0.288. The van der Waals surface area contributed by atoms with E-state index in [1.54, 1.807) is 6.92 Å². The monoisotopic (exact) mass is 280 g/mol. The van der Waals surface area contributed by atoms with E-state index in [2.05, 4.69) is 0 Å². The van der Waals surface area contributed by atoms with Crippen LogP contribution in [0, 0.1) is 0 Å². The Morgan fingerprint density at radius 1 is 1.17 bits per heavy atom. The van der Waals surface area contributed by atoms with Crippen LogP contribution in [0.25, 0.3) is 0 Å². The molecule has 6 heteroatoms. The largest absolute Gasteiger partial charge is 0.416 e. The molecule has 0 saturated carbocycles. The quantitative estimate of drug-likeness (QED) is 0.846. The van der Waals surface area contributed by atoms with E-state index in [1.807, 2.05) is 0 Å². The molecule has 1 aromatic carbocycles. The Bertz CT molecular complexity index is 530. The number of hydrogen-bond acceptors (Lipinski definition) is 2. The van der Waals surface area contributed by atoms with E-state index in [0.717, 1.165) is 12.1 Å². The summed E-state index contributed by atoms with van der Waals surface area (Å²) in [6.07, 6.45) is -4.21. The third-order valence-electron chi connectivity index (χ3n) is 3.05. The fourth-order valence-electron chi connectivity index (χ4n) is 1.35. The zero-order chi connectivity index (χ0) is 14.2. The number of rotatable bonds is 3. The van der Waals surface area contributed by atoms with Crippen LogP contribution in [0.1, 0.15) is 32.8 Å². The van der Waals surface area contributed by atoms with Gasteiger partial charge >= 0.3 is 6.18 Å². The summed E-state index contributed by atoms with van der Waals surface area (Å²) in [6.45, 7) is 4.69. The van der Waals surface area contributed by atoms with Crippen molar-refractivity contribution in [2.45, 2.75) is 43.0 Å². The average molecular weight is 280 g/mol. The van der Waals surface area contributed by atoms with Gasteiger partial charge in [0.25, 0.3) is 0 Å². The lowest BCUT2D eigenvalue weighted by molar-refractivity contribution is -0.137. The summed E-state index contributed by atoms with van der Waals surface area (Å²) < 4.78 is 60.9. The van der Waals surface area contributed by atoms with Crippen molar-refractivity contribution in [1.82, 2.24) is 0 Å². The molecule has 0 atom stereocenters. The number of alkyl halides is 3. The first kappa shape index (κ1) is 15.0. The first-order valence-electron chi connectivity index (χ1n) is 5.44. The summed E-state index contributed by atoms with van der Waals surface area (Å²) in [7, 11) is -3.77. The maximum absolute atomic E-state index is 12.5. The molecule has 0 fully saturated rings. The predicted molar refractivity (Wildman–Crippen MR) is 63.0 cm³/mol. The number of benzene rings is 1. The van der Waals surface area contributed by atoms with Gasteiger partial charge in [-0.2, -0.15) is 13.2 Å². The molecule has 0 saturated heterocycles. The second-order valence-electron chi connectivity index (χ2n) is 4.64. The smallest absolute Gasteiger partial charge is 0.223 e. The molecule has 0 aromatic heterocycles. The zero-order valence-corrected chi connectivity index (χ0v) is 11.2. The van der Waals surface area contributed by atoms with Crippen molar-refractivity contribution in [3.8, 4) is 0 Å². The normalized spacial score (nSPS) is 13.7.